The topological polar surface area (TPSA) is 95.7 Å². The lowest BCUT2D eigenvalue weighted by atomic mass is 10.0. The first kappa shape index (κ1) is 26.5. The molecule has 3 N–H and O–H groups in total. The summed E-state index contributed by atoms with van der Waals surface area (Å²) in [5.74, 6) is -0.743. The number of hydrogen-bond acceptors (Lipinski definition) is 6. The molecule has 1 saturated heterocycles. The normalized spacial score (nSPS) is 19.1. The lowest BCUT2D eigenvalue weighted by molar-refractivity contribution is -0.138. The van der Waals surface area contributed by atoms with E-state index >= 15 is 4.39 Å². The molecule has 5 rings (SSSR count). The van der Waals surface area contributed by atoms with Crippen molar-refractivity contribution in [2.45, 2.75) is 32.1 Å². The van der Waals surface area contributed by atoms with Crippen LogP contribution in [0.25, 0.3) is 11.1 Å². The Morgan fingerprint density at radius 1 is 1.03 bits per heavy atom. The summed E-state index contributed by atoms with van der Waals surface area (Å²) in [6, 6.07) is 7.95. The fourth-order valence-electron chi connectivity index (χ4n) is 4.96. The Hall–Kier alpha value is -4.06. The van der Waals surface area contributed by atoms with Crippen molar-refractivity contribution in [2.24, 2.45) is 0 Å². The van der Waals surface area contributed by atoms with Gasteiger partial charge in [0.05, 0.1) is 22.5 Å². The van der Waals surface area contributed by atoms with E-state index in [1.54, 1.807) is 18.2 Å². The Bertz CT molecular complexity index is 1460. The summed E-state index contributed by atoms with van der Waals surface area (Å²) in [7, 11) is 0. The molecule has 1 amide bonds. The van der Waals surface area contributed by atoms with Gasteiger partial charge in [-0.3, -0.25) is 9.59 Å². The SMILES string of the molecule is C[C@@H]1CN(c2cc(F)c(-c3ccc4c(c3)OCCO4)cc2NC(=O)c2c[nH]c(=O)cc2C(F)(F)F)C[C@H](C)N1. The Labute approximate surface area is 220 Å². The number of carbonyl (C=O) groups is 1. The maximum absolute atomic E-state index is 15.6. The number of anilines is 2. The highest BCUT2D eigenvalue weighted by Crippen LogP contribution is 2.40. The van der Waals surface area contributed by atoms with Gasteiger partial charge in [0.15, 0.2) is 11.5 Å². The van der Waals surface area contributed by atoms with Gasteiger partial charge in [-0.05, 0) is 43.7 Å². The number of benzene rings is 2. The van der Waals surface area contributed by atoms with Crippen LogP contribution in [0.3, 0.4) is 0 Å². The molecule has 2 atom stereocenters. The summed E-state index contributed by atoms with van der Waals surface area (Å²) in [5, 5.41) is 5.91. The molecular formula is C27H26F4N4O4. The summed E-state index contributed by atoms with van der Waals surface area (Å²) >= 11 is 0. The molecule has 0 saturated carbocycles. The number of pyridine rings is 1. The van der Waals surface area contributed by atoms with Crippen molar-refractivity contribution in [3.8, 4) is 22.6 Å². The summed E-state index contributed by atoms with van der Waals surface area (Å²) in [4.78, 5) is 28.8. The van der Waals surface area contributed by atoms with Crippen molar-refractivity contribution in [3.63, 3.8) is 0 Å². The molecule has 0 unspecified atom stereocenters. The minimum absolute atomic E-state index is 0.0360. The molecule has 1 aromatic heterocycles. The Balaban J connectivity index is 1.59. The monoisotopic (exact) mass is 546 g/mol. The number of alkyl halides is 3. The molecule has 12 heteroatoms. The van der Waals surface area contributed by atoms with Gasteiger partial charge in [-0.1, -0.05) is 6.07 Å². The predicted molar refractivity (Wildman–Crippen MR) is 137 cm³/mol. The number of nitrogens with one attached hydrogen (secondary N) is 3. The smallest absolute Gasteiger partial charge is 0.417 e. The highest BCUT2D eigenvalue weighted by molar-refractivity contribution is 6.07. The van der Waals surface area contributed by atoms with Gasteiger partial charge in [-0.2, -0.15) is 13.2 Å². The second kappa shape index (κ2) is 10.3. The molecule has 1 fully saturated rings. The number of hydrogen-bond donors (Lipinski definition) is 3. The largest absolute Gasteiger partial charge is 0.486 e. The van der Waals surface area contributed by atoms with Gasteiger partial charge in [-0.15, -0.1) is 0 Å². The maximum Gasteiger partial charge on any atom is 0.417 e. The number of rotatable bonds is 4. The minimum Gasteiger partial charge on any atom is -0.486 e. The first-order valence-electron chi connectivity index (χ1n) is 12.4. The Kier molecular flexibility index (Phi) is 6.98. The van der Waals surface area contributed by atoms with E-state index in [0.717, 1.165) is 6.20 Å². The first-order valence-corrected chi connectivity index (χ1v) is 12.4. The van der Waals surface area contributed by atoms with Crippen molar-refractivity contribution < 1.29 is 31.8 Å². The number of aromatic nitrogens is 1. The van der Waals surface area contributed by atoms with E-state index in [-0.39, 0.29) is 23.3 Å². The molecule has 39 heavy (non-hydrogen) atoms. The fraction of sp³-hybridized carbons (Fsp3) is 0.333. The van der Waals surface area contributed by atoms with Crippen LogP contribution in [0.15, 0.2) is 47.4 Å². The maximum atomic E-state index is 15.6. The third-order valence-corrected chi connectivity index (χ3v) is 6.56. The zero-order valence-corrected chi connectivity index (χ0v) is 21.1. The van der Waals surface area contributed by atoms with Crippen LogP contribution in [0.5, 0.6) is 11.5 Å². The van der Waals surface area contributed by atoms with Crippen LogP contribution in [-0.4, -0.2) is 49.3 Å². The molecule has 206 valence electrons. The van der Waals surface area contributed by atoms with Crippen LogP contribution in [0, 0.1) is 5.82 Å². The van der Waals surface area contributed by atoms with Crippen molar-refractivity contribution >= 4 is 17.3 Å². The lowest BCUT2D eigenvalue weighted by Gasteiger charge is -2.38. The second-order valence-corrected chi connectivity index (χ2v) is 9.66. The molecular weight excluding hydrogens is 520 g/mol. The highest BCUT2D eigenvalue weighted by atomic mass is 19.4. The van der Waals surface area contributed by atoms with E-state index in [1.165, 1.54) is 12.1 Å². The first-order chi connectivity index (χ1) is 18.5. The van der Waals surface area contributed by atoms with E-state index in [9.17, 15) is 22.8 Å². The number of nitrogens with zero attached hydrogens (tertiary/aromatic N) is 1. The van der Waals surface area contributed by atoms with Crippen molar-refractivity contribution in [3.05, 3.63) is 69.9 Å². The minimum atomic E-state index is -4.94. The third kappa shape index (κ3) is 5.56. The lowest BCUT2D eigenvalue weighted by Crippen LogP contribution is -2.54. The zero-order valence-electron chi connectivity index (χ0n) is 21.1. The van der Waals surface area contributed by atoms with E-state index < -0.39 is 34.6 Å². The molecule has 0 bridgehead atoms. The molecule has 2 aliphatic rings. The second-order valence-electron chi connectivity index (χ2n) is 9.66. The fourth-order valence-corrected chi connectivity index (χ4v) is 4.96. The molecule has 0 aliphatic carbocycles. The number of amides is 1. The Morgan fingerprint density at radius 2 is 1.72 bits per heavy atom. The number of aromatic amines is 1. The zero-order chi connectivity index (χ0) is 27.9. The molecule has 8 nitrogen and oxygen atoms in total. The number of H-pyrrole nitrogens is 1. The van der Waals surface area contributed by atoms with Gasteiger partial charge >= 0.3 is 6.18 Å². The molecule has 3 aromatic rings. The summed E-state index contributed by atoms with van der Waals surface area (Å²) in [6.45, 7) is 5.58. The number of ether oxygens (including phenoxy) is 2. The average molecular weight is 547 g/mol. The van der Waals surface area contributed by atoms with Gasteiger partial charge in [0.25, 0.3) is 5.91 Å². The van der Waals surface area contributed by atoms with Gasteiger partial charge in [0.2, 0.25) is 5.56 Å². The number of fused-ring (bicyclic) bond motifs is 1. The van der Waals surface area contributed by atoms with Gasteiger partial charge in [0.1, 0.15) is 19.0 Å². The van der Waals surface area contributed by atoms with Gasteiger partial charge in [-0.25, -0.2) is 4.39 Å². The Morgan fingerprint density at radius 3 is 2.41 bits per heavy atom. The molecule has 2 aromatic carbocycles. The summed E-state index contributed by atoms with van der Waals surface area (Å²) < 4.78 is 67.7. The van der Waals surface area contributed by atoms with Crippen molar-refractivity contribution in [2.75, 3.05) is 36.5 Å². The van der Waals surface area contributed by atoms with E-state index in [4.69, 9.17) is 9.47 Å². The molecule has 2 aliphatic heterocycles. The number of carbonyl (C=O) groups excluding carboxylic acids is 1. The number of piperazine rings is 1. The van der Waals surface area contributed by atoms with Crippen LogP contribution in [-0.2, 0) is 6.18 Å². The molecule has 0 radical (unpaired) electrons. The standard InChI is InChI=1S/C27H26F4N4O4/c1-14-12-35(13-15(2)33-14)22-10-20(28)17(16-3-4-23-24(7-16)39-6-5-38-23)8-21(22)34-26(37)18-11-32-25(36)9-19(18)27(29,30)31/h3-4,7-11,14-15,33H,5-6,12-13H2,1-2H3,(H,32,36)(H,34,37)/t14-,15+. The quantitative estimate of drug-likeness (QED) is 0.420. The van der Waals surface area contributed by atoms with E-state index in [2.05, 4.69) is 15.6 Å². The van der Waals surface area contributed by atoms with E-state index in [1.807, 2.05) is 18.7 Å². The van der Waals surface area contributed by atoms with Gasteiger partial charge < -0.3 is 30.0 Å². The van der Waals surface area contributed by atoms with E-state index in [0.29, 0.717) is 55.1 Å². The van der Waals surface area contributed by atoms with Crippen LogP contribution < -0.4 is 30.6 Å². The average Bonchev–Trinajstić information content (AvgIpc) is 2.88. The molecule has 0 spiro atoms. The van der Waals surface area contributed by atoms with Crippen molar-refractivity contribution in [1.29, 1.82) is 0 Å². The van der Waals surface area contributed by atoms with Crippen LogP contribution in [0.4, 0.5) is 28.9 Å². The van der Waals surface area contributed by atoms with Crippen LogP contribution in [0.2, 0.25) is 0 Å². The molecule has 3 heterocycles. The predicted octanol–water partition coefficient (Wildman–Crippen LogP) is 4.41. The third-order valence-electron chi connectivity index (χ3n) is 6.56. The number of halogens is 4. The van der Waals surface area contributed by atoms with Crippen molar-refractivity contribution in [1.82, 2.24) is 10.3 Å². The van der Waals surface area contributed by atoms with Crippen LogP contribution in [0.1, 0.15) is 29.8 Å². The summed E-state index contributed by atoms with van der Waals surface area (Å²) in [5.41, 5.74) is -2.15. The van der Waals surface area contributed by atoms with Crippen LogP contribution >= 0.6 is 0 Å². The summed E-state index contributed by atoms with van der Waals surface area (Å²) in [6.07, 6.45) is -4.22. The highest BCUT2D eigenvalue weighted by Gasteiger charge is 2.36. The van der Waals surface area contributed by atoms with Gasteiger partial charge in [0, 0.05) is 43.0 Å².